The number of benzene rings is 1. The van der Waals surface area contributed by atoms with E-state index < -0.39 is 5.60 Å². The summed E-state index contributed by atoms with van der Waals surface area (Å²) in [5, 5.41) is 0. The molecule has 2 atom stereocenters. The second-order valence-corrected chi connectivity index (χ2v) is 10.2. The van der Waals surface area contributed by atoms with Gasteiger partial charge in [-0.1, -0.05) is 30.3 Å². The van der Waals surface area contributed by atoms with Crippen LogP contribution in [-0.2, 0) is 16.1 Å². The van der Waals surface area contributed by atoms with Gasteiger partial charge in [0, 0.05) is 19.0 Å². The first kappa shape index (κ1) is 19.0. The summed E-state index contributed by atoms with van der Waals surface area (Å²) in [7, 11) is 0. The normalized spacial score (nSPS) is 24.4. The largest absolute Gasteiger partial charge is 0.484 e. The molecule has 0 radical (unpaired) electrons. The van der Waals surface area contributed by atoms with Crippen LogP contribution in [0.5, 0.6) is 5.75 Å². The number of nitrogens with zero attached hydrogens (tertiary/aromatic N) is 1. The van der Waals surface area contributed by atoms with Gasteiger partial charge in [-0.15, -0.1) is 11.3 Å². The highest BCUT2D eigenvalue weighted by Gasteiger charge is 2.49. The number of hydrogen-bond acceptors (Lipinski definition) is 4. The number of likely N-dealkylation sites (tertiary alicyclic amines) is 1. The van der Waals surface area contributed by atoms with Crippen LogP contribution in [0.2, 0.25) is 0 Å². The van der Waals surface area contributed by atoms with Gasteiger partial charge in [0.25, 0.3) is 0 Å². The van der Waals surface area contributed by atoms with Crippen molar-refractivity contribution in [1.29, 1.82) is 0 Å². The Morgan fingerprint density at radius 3 is 2.81 bits per heavy atom. The molecule has 4 nitrogen and oxygen atoms in total. The van der Waals surface area contributed by atoms with E-state index >= 15 is 0 Å². The zero-order valence-electron chi connectivity index (χ0n) is 15.6. The van der Waals surface area contributed by atoms with Crippen molar-refractivity contribution in [3.63, 3.8) is 0 Å². The Balaban J connectivity index is 1.69. The van der Waals surface area contributed by atoms with Gasteiger partial charge in [0.2, 0.25) is 5.91 Å². The molecule has 27 heavy (non-hydrogen) atoms. The Morgan fingerprint density at radius 1 is 1.30 bits per heavy atom. The Bertz CT molecular complexity index is 820. The molecule has 2 aromatic rings. The molecule has 144 valence electrons. The molecule has 6 heteroatoms. The zero-order chi connectivity index (χ0) is 19.0. The van der Waals surface area contributed by atoms with Crippen molar-refractivity contribution in [2.45, 2.75) is 57.5 Å². The van der Waals surface area contributed by atoms with Crippen molar-refractivity contribution in [1.82, 2.24) is 4.90 Å². The highest BCUT2D eigenvalue weighted by Crippen LogP contribution is 2.50. The predicted octanol–water partition coefficient (Wildman–Crippen LogP) is 5.32. The molecule has 1 aromatic carbocycles. The molecule has 4 rings (SSSR count). The SMILES string of the molecule is CC1(C)Oc2cc(Br)sc2[C@@H](N2CCCCC2=O)[C@@H]1OCc1ccccc1. The first-order valence-electron chi connectivity index (χ1n) is 9.39. The first-order valence-corrected chi connectivity index (χ1v) is 11.0. The molecule has 1 amide bonds. The predicted molar refractivity (Wildman–Crippen MR) is 110 cm³/mol. The lowest BCUT2D eigenvalue weighted by atomic mass is 9.88. The van der Waals surface area contributed by atoms with E-state index in [0.717, 1.165) is 39.4 Å². The highest BCUT2D eigenvalue weighted by molar-refractivity contribution is 9.11. The molecule has 1 aromatic heterocycles. The molecule has 1 saturated heterocycles. The van der Waals surface area contributed by atoms with Crippen LogP contribution in [-0.4, -0.2) is 29.1 Å². The fourth-order valence-corrected chi connectivity index (χ4v) is 5.66. The topological polar surface area (TPSA) is 38.8 Å². The highest BCUT2D eigenvalue weighted by atomic mass is 79.9. The van der Waals surface area contributed by atoms with Crippen LogP contribution in [0.4, 0.5) is 0 Å². The van der Waals surface area contributed by atoms with E-state index in [4.69, 9.17) is 9.47 Å². The van der Waals surface area contributed by atoms with Gasteiger partial charge in [0.05, 0.1) is 21.3 Å². The fourth-order valence-electron chi connectivity index (χ4n) is 3.98. The fraction of sp³-hybridized carbons (Fsp3) is 0.476. The van der Waals surface area contributed by atoms with Crippen molar-refractivity contribution in [2.24, 2.45) is 0 Å². The average molecular weight is 450 g/mol. The van der Waals surface area contributed by atoms with Crippen molar-refractivity contribution in [3.8, 4) is 5.75 Å². The Kier molecular flexibility index (Phi) is 5.32. The lowest BCUT2D eigenvalue weighted by Crippen LogP contribution is -2.56. The van der Waals surface area contributed by atoms with E-state index in [1.54, 1.807) is 11.3 Å². The van der Waals surface area contributed by atoms with Crippen molar-refractivity contribution in [3.05, 3.63) is 50.6 Å². The van der Waals surface area contributed by atoms with Gasteiger partial charge in [-0.3, -0.25) is 4.79 Å². The number of rotatable bonds is 4. The van der Waals surface area contributed by atoms with Gasteiger partial charge in [0.1, 0.15) is 17.5 Å². The van der Waals surface area contributed by atoms with E-state index in [0.29, 0.717) is 13.0 Å². The van der Waals surface area contributed by atoms with Crippen LogP contribution < -0.4 is 4.74 Å². The molecule has 0 saturated carbocycles. The minimum atomic E-state index is -0.537. The summed E-state index contributed by atoms with van der Waals surface area (Å²) in [4.78, 5) is 15.9. The number of ether oxygens (including phenoxy) is 2. The smallest absolute Gasteiger partial charge is 0.223 e. The number of halogens is 1. The number of thiophene rings is 1. The van der Waals surface area contributed by atoms with Crippen molar-refractivity contribution in [2.75, 3.05) is 6.54 Å². The van der Waals surface area contributed by atoms with E-state index in [1.165, 1.54) is 0 Å². The van der Waals surface area contributed by atoms with Crippen molar-refractivity contribution < 1.29 is 14.3 Å². The quantitative estimate of drug-likeness (QED) is 0.633. The van der Waals surface area contributed by atoms with Crippen LogP contribution >= 0.6 is 27.3 Å². The number of carbonyl (C=O) groups is 1. The van der Waals surface area contributed by atoms with Gasteiger partial charge < -0.3 is 14.4 Å². The molecule has 2 aliphatic rings. The lowest BCUT2D eigenvalue weighted by Gasteiger charge is -2.48. The van der Waals surface area contributed by atoms with Crippen LogP contribution in [0.15, 0.2) is 40.2 Å². The minimum absolute atomic E-state index is 0.114. The molecular weight excluding hydrogens is 426 g/mol. The third kappa shape index (κ3) is 3.80. The number of fused-ring (bicyclic) bond motifs is 1. The van der Waals surface area contributed by atoms with E-state index in [1.807, 2.05) is 29.2 Å². The van der Waals surface area contributed by atoms with E-state index in [-0.39, 0.29) is 18.1 Å². The third-order valence-electron chi connectivity index (χ3n) is 5.28. The molecule has 2 aliphatic heterocycles. The van der Waals surface area contributed by atoms with Gasteiger partial charge >= 0.3 is 0 Å². The van der Waals surface area contributed by atoms with Crippen LogP contribution in [0.1, 0.15) is 49.6 Å². The van der Waals surface area contributed by atoms with Gasteiger partial charge in [-0.2, -0.15) is 0 Å². The third-order valence-corrected chi connectivity index (χ3v) is 6.97. The lowest BCUT2D eigenvalue weighted by molar-refractivity contribution is -0.157. The van der Waals surface area contributed by atoms with E-state index in [2.05, 4.69) is 41.9 Å². The maximum absolute atomic E-state index is 12.8. The Hall–Kier alpha value is -1.37. The molecule has 0 N–H and O–H groups in total. The summed E-state index contributed by atoms with van der Waals surface area (Å²) in [6.07, 6.45) is 2.39. The van der Waals surface area contributed by atoms with Gasteiger partial charge in [-0.05, 0) is 48.2 Å². The van der Waals surface area contributed by atoms with E-state index in [9.17, 15) is 4.79 Å². The molecule has 0 aliphatic carbocycles. The number of hydrogen-bond donors (Lipinski definition) is 0. The summed E-state index contributed by atoms with van der Waals surface area (Å²) in [6, 6.07) is 12.0. The molecule has 3 heterocycles. The molecule has 1 fully saturated rings. The molecule has 0 spiro atoms. The summed E-state index contributed by atoms with van der Waals surface area (Å²) < 4.78 is 13.8. The van der Waals surface area contributed by atoms with Crippen LogP contribution in [0, 0.1) is 0 Å². The Morgan fingerprint density at radius 2 is 2.07 bits per heavy atom. The van der Waals surface area contributed by atoms with Crippen molar-refractivity contribution >= 4 is 33.2 Å². The maximum atomic E-state index is 12.8. The zero-order valence-corrected chi connectivity index (χ0v) is 18.0. The standard InChI is InChI=1S/C21H24BrNO3S/c1-21(2)20(25-13-14-8-4-3-5-9-14)18(23-11-7-6-10-17(23)24)19-15(26-21)12-16(22)27-19/h3-5,8-9,12,18,20H,6-7,10-11,13H2,1-2H3/t18-,20+/m1/s1. The summed E-state index contributed by atoms with van der Waals surface area (Å²) >= 11 is 5.22. The van der Waals surface area contributed by atoms with Gasteiger partial charge in [0.15, 0.2) is 0 Å². The average Bonchev–Trinajstić information content (AvgIpc) is 2.99. The van der Waals surface area contributed by atoms with Crippen LogP contribution in [0.3, 0.4) is 0 Å². The monoisotopic (exact) mass is 449 g/mol. The maximum Gasteiger partial charge on any atom is 0.223 e. The number of carbonyl (C=O) groups excluding carboxylic acids is 1. The molecule has 0 bridgehead atoms. The van der Waals surface area contributed by atoms with Crippen LogP contribution in [0.25, 0.3) is 0 Å². The first-order chi connectivity index (χ1) is 13.0. The second kappa shape index (κ2) is 7.57. The minimum Gasteiger partial charge on any atom is -0.484 e. The second-order valence-electron chi connectivity index (χ2n) is 7.69. The summed E-state index contributed by atoms with van der Waals surface area (Å²) in [5.74, 6) is 1.08. The summed E-state index contributed by atoms with van der Waals surface area (Å²) in [6.45, 7) is 5.38. The summed E-state index contributed by atoms with van der Waals surface area (Å²) in [5.41, 5.74) is 0.584. The molecule has 0 unspecified atom stereocenters. The van der Waals surface area contributed by atoms with Gasteiger partial charge in [-0.25, -0.2) is 0 Å². The molecular formula is C21H24BrNO3S. The Labute approximate surface area is 172 Å². The number of amides is 1. The number of piperidine rings is 1.